The standard InChI is InChI=1S/C10H22N4O/c15-5-3-11-7-13-6-10-2-1-4-14(10)9-12-8-13/h10-12,15H,1-9H2. The van der Waals surface area contributed by atoms with Crippen LogP contribution in [0.5, 0.6) is 0 Å². The minimum absolute atomic E-state index is 0.219. The van der Waals surface area contributed by atoms with Gasteiger partial charge in [0.2, 0.25) is 0 Å². The molecule has 0 saturated carbocycles. The van der Waals surface area contributed by atoms with E-state index in [-0.39, 0.29) is 6.61 Å². The van der Waals surface area contributed by atoms with Crippen molar-refractivity contribution >= 4 is 0 Å². The zero-order valence-electron chi connectivity index (χ0n) is 9.28. The van der Waals surface area contributed by atoms with Crippen molar-refractivity contribution in [3.63, 3.8) is 0 Å². The summed E-state index contributed by atoms with van der Waals surface area (Å²) < 4.78 is 0. The highest BCUT2D eigenvalue weighted by atomic mass is 16.3. The van der Waals surface area contributed by atoms with E-state index in [4.69, 9.17) is 5.11 Å². The summed E-state index contributed by atoms with van der Waals surface area (Å²) in [6.07, 6.45) is 2.67. The van der Waals surface area contributed by atoms with E-state index >= 15 is 0 Å². The fourth-order valence-electron chi connectivity index (χ4n) is 2.46. The van der Waals surface area contributed by atoms with Crippen LogP contribution in [0.15, 0.2) is 0 Å². The fourth-order valence-corrected chi connectivity index (χ4v) is 2.46. The van der Waals surface area contributed by atoms with Crippen LogP contribution in [0, 0.1) is 0 Å². The topological polar surface area (TPSA) is 50.8 Å². The van der Waals surface area contributed by atoms with Gasteiger partial charge >= 0.3 is 0 Å². The third-order valence-electron chi connectivity index (χ3n) is 3.24. The monoisotopic (exact) mass is 214 g/mol. The average molecular weight is 214 g/mol. The van der Waals surface area contributed by atoms with E-state index < -0.39 is 0 Å². The molecule has 0 radical (unpaired) electrons. The van der Waals surface area contributed by atoms with Crippen molar-refractivity contribution in [2.45, 2.75) is 18.9 Å². The van der Waals surface area contributed by atoms with Gasteiger partial charge in [0, 0.05) is 32.5 Å². The number of rotatable bonds is 4. The molecule has 0 spiro atoms. The Labute approximate surface area is 91.4 Å². The molecule has 0 aromatic heterocycles. The Bertz CT molecular complexity index is 190. The van der Waals surface area contributed by atoms with Gasteiger partial charge in [-0.2, -0.15) is 0 Å². The molecular formula is C10H22N4O. The summed E-state index contributed by atoms with van der Waals surface area (Å²) >= 11 is 0. The Morgan fingerprint density at radius 1 is 1.40 bits per heavy atom. The number of nitrogens with one attached hydrogen (secondary N) is 2. The summed E-state index contributed by atoms with van der Waals surface area (Å²) in [7, 11) is 0. The van der Waals surface area contributed by atoms with Gasteiger partial charge < -0.3 is 10.4 Å². The predicted octanol–water partition coefficient (Wildman–Crippen LogP) is -1.19. The third-order valence-corrected chi connectivity index (χ3v) is 3.24. The van der Waals surface area contributed by atoms with Crippen LogP contribution in [0.25, 0.3) is 0 Å². The smallest absolute Gasteiger partial charge is 0.0556 e. The number of hydrogen-bond donors (Lipinski definition) is 3. The highest BCUT2D eigenvalue weighted by molar-refractivity contribution is 4.83. The first kappa shape index (κ1) is 11.3. The number of aliphatic hydroxyl groups is 1. The van der Waals surface area contributed by atoms with Crippen LogP contribution in [0.4, 0.5) is 0 Å². The van der Waals surface area contributed by atoms with Crippen LogP contribution < -0.4 is 10.6 Å². The van der Waals surface area contributed by atoms with Crippen molar-refractivity contribution in [2.75, 3.05) is 46.2 Å². The van der Waals surface area contributed by atoms with Gasteiger partial charge in [-0.15, -0.1) is 0 Å². The van der Waals surface area contributed by atoms with Crippen LogP contribution in [0.1, 0.15) is 12.8 Å². The highest BCUT2D eigenvalue weighted by Crippen LogP contribution is 2.18. The first-order valence-electron chi connectivity index (χ1n) is 5.89. The van der Waals surface area contributed by atoms with Crippen LogP contribution >= 0.6 is 0 Å². The van der Waals surface area contributed by atoms with Crippen LogP contribution in [0.3, 0.4) is 0 Å². The third kappa shape index (κ3) is 3.12. The molecule has 0 amide bonds. The molecule has 0 aromatic rings. The van der Waals surface area contributed by atoms with Gasteiger partial charge in [-0.1, -0.05) is 0 Å². The lowest BCUT2D eigenvalue weighted by Gasteiger charge is -2.24. The molecule has 1 atom stereocenters. The molecular weight excluding hydrogens is 192 g/mol. The van der Waals surface area contributed by atoms with Crippen molar-refractivity contribution in [3.8, 4) is 0 Å². The van der Waals surface area contributed by atoms with Gasteiger partial charge in [-0.25, -0.2) is 0 Å². The second-order valence-corrected chi connectivity index (χ2v) is 4.41. The van der Waals surface area contributed by atoms with Gasteiger partial charge in [0.25, 0.3) is 0 Å². The molecule has 3 N–H and O–H groups in total. The summed E-state index contributed by atoms with van der Waals surface area (Å²) in [4.78, 5) is 4.91. The average Bonchev–Trinajstić information content (AvgIpc) is 2.58. The zero-order chi connectivity index (χ0) is 10.5. The van der Waals surface area contributed by atoms with Crippen LogP contribution in [0.2, 0.25) is 0 Å². The van der Waals surface area contributed by atoms with Gasteiger partial charge in [0.1, 0.15) is 0 Å². The molecule has 15 heavy (non-hydrogen) atoms. The Kier molecular flexibility index (Phi) is 4.34. The van der Waals surface area contributed by atoms with Crippen LogP contribution in [-0.4, -0.2) is 67.2 Å². The molecule has 1 unspecified atom stereocenters. The summed E-state index contributed by atoms with van der Waals surface area (Å²) in [5, 5.41) is 15.4. The van der Waals surface area contributed by atoms with E-state index in [2.05, 4.69) is 20.4 Å². The van der Waals surface area contributed by atoms with Crippen molar-refractivity contribution < 1.29 is 5.11 Å². The Morgan fingerprint density at radius 3 is 3.20 bits per heavy atom. The molecule has 2 aliphatic rings. The first-order valence-corrected chi connectivity index (χ1v) is 5.89. The molecule has 0 bridgehead atoms. The minimum Gasteiger partial charge on any atom is -0.395 e. The lowest BCUT2D eigenvalue weighted by molar-refractivity contribution is 0.202. The molecule has 5 heteroatoms. The Morgan fingerprint density at radius 2 is 2.33 bits per heavy atom. The number of nitrogens with zero attached hydrogens (tertiary/aromatic N) is 2. The maximum absolute atomic E-state index is 8.70. The molecule has 0 aliphatic carbocycles. The normalized spacial score (nSPS) is 29.0. The minimum atomic E-state index is 0.219. The fraction of sp³-hybridized carbons (Fsp3) is 1.00. The van der Waals surface area contributed by atoms with E-state index in [9.17, 15) is 0 Å². The largest absolute Gasteiger partial charge is 0.395 e. The SMILES string of the molecule is OCCNCN1CNCN2CCCC2C1. The second-order valence-electron chi connectivity index (χ2n) is 4.41. The lowest BCUT2D eigenvalue weighted by Crippen LogP contribution is -2.42. The van der Waals surface area contributed by atoms with Crippen molar-refractivity contribution in [1.82, 2.24) is 20.4 Å². The molecule has 5 nitrogen and oxygen atoms in total. The highest BCUT2D eigenvalue weighted by Gasteiger charge is 2.28. The molecule has 2 aliphatic heterocycles. The van der Waals surface area contributed by atoms with E-state index in [1.807, 2.05) is 0 Å². The van der Waals surface area contributed by atoms with Crippen LogP contribution in [-0.2, 0) is 0 Å². The second kappa shape index (κ2) is 5.77. The number of hydrogen-bond acceptors (Lipinski definition) is 5. The van der Waals surface area contributed by atoms with Gasteiger partial charge in [0.05, 0.1) is 13.3 Å². The van der Waals surface area contributed by atoms with Gasteiger partial charge in [0.15, 0.2) is 0 Å². The Hall–Kier alpha value is -0.200. The first-order chi connectivity index (χ1) is 7.40. The molecule has 2 saturated heterocycles. The number of fused-ring (bicyclic) bond motifs is 1. The summed E-state index contributed by atoms with van der Waals surface area (Å²) in [5.74, 6) is 0. The molecule has 88 valence electrons. The summed E-state index contributed by atoms with van der Waals surface area (Å²) in [6.45, 7) is 6.15. The number of aliphatic hydroxyl groups excluding tert-OH is 1. The quantitative estimate of drug-likeness (QED) is 0.514. The molecule has 0 aromatic carbocycles. The van der Waals surface area contributed by atoms with Crippen molar-refractivity contribution in [1.29, 1.82) is 0 Å². The molecule has 2 rings (SSSR count). The van der Waals surface area contributed by atoms with E-state index in [1.165, 1.54) is 19.4 Å². The maximum atomic E-state index is 8.70. The lowest BCUT2D eigenvalue weighted by atomic mass is 10.2. The Balaban J connectivity index is 1.75. The summed E-state index contributed by atoms with van der Waals surface area (Å²) in [5.41, 5.74) is 0. The van der Waals surface area contributed by atoms with Crippen molar-refractivity contribution in [2.24, 2.45) is 0 Å². The zero-order valence-corrected chi connectivity index (χ0v) is 9.28. The van der Waals surface area contributed by atoms with E-state index in [0.29, 0.717) is 6.54 Å². The predicted molar refractivity (Wildman–Crippen MR) is 59.3 cm³/mol. The molecule has 2 fully saturated rings. The van der Waals surface area contributed by atoms with Crippen molar-refractivity contribution in [3.05, 3.63) is 0 Å². The van der Waals surface area contributed by atoms with Gasteiger partial charge in [-0.3, -0.25) is 15.1 Å². The van der Waals surface area contributed by atoms with Gasteiger partial charge in [-0.05, 0) is 19.4 Å². The van der Waals surface area contributed by atoms with E-state index in [0.717, 1.165) is 32.6 Å². The van der Waals surface area contributed by atoms with E-state index in [1.54, 1.807) is 0 Å². The maximum Gasteiger partial charge on any atom is 0.0556 e. The summed E-state index contributed by atoms with van der Waals surface area (Å²) in [6, 6.07) is 0.732. The molecule has 2 heterocycles.